The average molecular weight is 243 g/mol. The average Bonchev–Trinajstić information content (AvgIpc) is 2.29. The Morgan fingerprint density at radius 2 is 1.94 bits per heavy atom. The van der Waals surface area contributed by atoms with Crippen LogP contribution in [0.3, 0.4) is 0 Å². The van der Waals surface area contributed by atoms with Crippen molar-refractivity contribution in [3.05, 3.63) is 35.4 Å². The molecular formula is C13H16F3N. The van der Waals surface area contributed by atoms with Crippen molar-refractivity contribution in [2.24, 2.45) is 0 Å². The van der Waals surface area contributed by atoms with Crippen molar-refractivity contribution in [1.29, 1.82) is 0 Å². The molecule has 2 rings (SSSR count). The smallest absolute Gasteiger partial charge is 0.303 e. The van der Waals surface area contributed by atoms with Crippen LogP contribution < -0.4 is 5.32 Å². The molecule has 1 aromatic carbocycles. The van der Waals surface area contributed by atoms with Crippen LogP contribution in [0.5, 0.6) is 0 Å². The SMILES string of the molecule is CNC1(C(F)(F)F)CCC(C)c2ccccc21. The lowest BCUT2D eigenvalue weighted by Crippen LogP contribution is -2.54. The van der Waals surface area contributed by atoms with Gasteiger partial charge in [-0.2, -0.15) is 13.2 Å². The van der Waals surface area contributed by atoms with Crippen molar-refractivity contribution >= 4 is 0 Å². The van der Waals surface area contributed by atoms with E-state index >= 15 is 0 Å². The predicted octanol–water partition coefficient (Wildman–Crippen LogP) is 3.56. The third-order valence-electron chi connectivity index (χ3n) is 3.81. The Labute approximate surface area is 99.0 Å². The molecule has 1 aliphatic carbocycles. The molecule has 94 valence electrons. The molecule has 1 N–H and O–H groups in total. The molecule has 1 aromatic rings. The van der Waals surface area contributed by atoms with E-state index in [1.54, 1.807) is 24.3 Å². The second-order valence-corrected chi connectivity index (χ2v) is 4.68. The van der Waals surface area contributed by atoms with Crippen molar-refractivity contribution < 1.29 is 13.2 Å². The summed E-state index contributed by atoms with van der Waals surface area (Å²) in [5, 5.41) is 2.51. The third kappa shape index (κ3) is 1.75. The minimum atomic E-state index is -4.27. The molecule has 0 aromatic heterocycles. The second-order valence-electron chi connectivity index (χ2n) is 4.68. The lowest BCUT2D eigenvalue weighted by Gasteiger charge is -2.42. The molecular weight excluding hydrogens is 227 g/mol. The lowest BCUT2D eigenvalue weighted by molar-refractivity contribution is -0.204. The first-order valence-corrected chi connectivity index (χ1v) is 5.77. The van der Waals surface area contributed by atoms with Crippen LogP contribution in [0.4, 0.5) is 13.2 Å². The van der Waals surface area contributed by atoms with E-state index in [0.29, 0.717) is 12.0 Å². The maximum Gasteiger partial charge on any atom is 0.410 e. The molecule has 0 bridgehead atoms. The van der Waals surface area contributed by atoms with Crippen LogP contribution in [0.25, 0.3) is 0 Å². The van der Waals surface area contributed by atoms with Crippen molar-refractivity contribution in [2.75, 3.05) is 7.05 Å². The van der Waals surface area contributed by atoms with Crippen molar-refractivity contribution in [2.45, 2.75) is 37.4 Å². The maximum absolute atomic E-state index is 13.3. The molecule has 4 heteroatoms. The van der Waals surface area contributed by atoms with Crippen molar-refractivity contribution in [3.63, 3.8) is 0 Å². The van der Waals surface area contributed by atoms with Gasteiger partial charge in [0, 0.05) is 0 Å². The Morgan fingerprint density at radius 3 is 2.53 bits per heavy atom. The summed E-state index contributed by atoms with van der Waals surface area (Å²) < 4.78 is 40.0. The molecule has 1 aliphatic rings. The molecule has 0 radical (unpaired) electrons. The van der Waals surface area contributed by atoms with Crippen LogP contribution in [0, 0.1) is 0 Å². The van der Waals surface area contributed by atoms with E-state index in [0.717, 1.165) is 5.56 Å². The van der Waals surface area contributed by atoms with Gasteiger partial charge in [-0.05, 0) is 36.9 Å². The molecule has 0 spiro atoms. The van der Waals surface area contributed by atoms with Crippen LogP contribution in [0.1, 0.15) is 36.8 Å². The van der Waals surface area contributed by atoms with Gasteiger partial charge < -0.3 is 5.32 Å². The monoisotopic (exact) mass is 243 g/mol. The maximum atomic E-state index is 13.3. The van der Waals surface area contributed by atoms with Gasteiger partial charge in [0.15, 0.2) is 0 Å². The summed E-state index contributed by atoms with van der Waals surface area (Å²) in [4.78, 5) is 0. The fourth-order valence-corrected chi connectivity index (χ4v) is 2.73. The van der Waals surface area contributed by atoms with Crippen LogP contribution in [-0.4, -0.2) is 13.2 Å². The molecule has 2 unspecified atom stereocenters. The number of nitrogens with one attached hydrogen (secondary N) is 1. The van der Waals surface area contributed by atoms with E-state index < -0.39 is 11.7 Å². The zero-order valence-corrected chi connectivity index (χ0v) is 9.93. The molecule has 0 saturated carbocycles. The number of hydrogen-bond acceptors (Lipinski definition) is 1. The van der Waals surface area contributed by atoms with Crippen molar-refractivity contribution in [1.82, 2.24) is 5.32 Å². The van der Waals surface area contributed by atoms with Gasteiger partial charge in [0.05, 0.1) is 0 Å². The largest absolute Gasteiger partial charge is 0.410 e. The van der Waals surface area contributed by atoms with Crippen LogP contribution in [0.2, 0.25) is 0 Å². The fraction of sp³-hybridized carbons (Fsp3) is 0.538. The van der Waals surface area contributed by atoms with E-state index in [9.17, 15) is 13.2 Å². The highest BCUT2D eigenvalue weighted by Gasteiger charge is 2.57. The zero-order valence-electron chi connectivity index (χ0n) is 9.93. The van der Waals surface area contributed by atoms with Crippen LogP contribution in [0.15, 0.2) is 24.3 Å². The Balaban J connectivity index is 2.62. The van der Waals surface area contributed by atoms with E-state index in [1.807, 2.05) is 6.92 Å². The third-order valence-corrected chi connectivity index (χ3v) is 3.81. The number of halogens is 3. The van der Waals surface area contributed by atoms with Crippen molar-refractivity contribution in [3.8, 4) is 0 Å². The van der Waals surface area contributed by atoms with E-state index in [2.05, 4.69) is 5.32 Å². The van der Waals surface area contributed by atoms with Gasteiger partial charge in [-0.1, -0.05) is 31.2 Å². The Hall–Kier alpha value is -1.03. The van der Waals surface area contributed by atoms with Gasteiger partial charge in [0.25, 0.3) is 0 Å². The number of rotatable bonds is 1. The highest BCUT2D eigenvalue weighted by atomic mass is 19.4. The number of fused-ring (bicyclic) bond motifs is 1. The van der Waals surface area contributed by atoms with Crippen LogP contribution in [-0.2, 0) is 5.54 Å². The summed E-state index contributed by atoms with van der Waals surface area (Å²) in [7, 11) is 1.39. The van der Waals surface area contributed by atoms with Gasteiger partial charge in [-0.3, -0.25) is 0 Å². The molecule has 1 nitrogen and oxygen atoms in total. The van der Waals surface area contributed by atoms with Gasteiger partial charge in [-0.15, -0.1) is 0 Å². The predicted molar refractivity (Wildman–Crippen MR) is 60.9 cm³/mol. The summed E-state index contributed by atoms with van der Waals surface area (Å²) in [5.41, 5.74) is -0.685. The van der Waals surface area contributed by atoms with E-state index in [4.69, 9.17) is 0 Å². The first-order valence-electron chi connectivity index (χ1n) is 5.77. The summed E-state index contributed by atoms with van der Waals surface area (Å²) in [5.74, 6) is 0.190. The quantitative estimate of drug-likeness (QED) is 0.795. The normalized spacial score (nSPS) is 28.9. The molecule has 0 saturated heterocycles. The summed E-state index contributed by atoms with van der Waals surface area (Å²) in [6.07, 6.45) is -3.61. The Bertz CT molecular complexity index is 413. The summed E-state index contributed by atoms with van der Waals surface area (Å²) in [6.45, 7) is 1.98. The first-order chi connectivity index (χ1) is 7.92. The highest BCUT2D eigenvalue weighted by molar-refractivity contribution is 5.39. The second kappa shape index (κ2) is 4.02. The molecule has 0 amide bonds. The minimum absolute atomic E-state index is 0.102. The standard InChI is InChI=1S/C13H16F3N/c1-9-7-8-12(17-2,13(14,15)16)11-6-4-3-5-10(9)11/h3-6,9,17H,7-8H2,1-2H3. The molecule has 0 aliphatic heterocycles. The van der Waals surface area contributed by atoms with Gasteiger partial charge in [-0.25, -0.2) is 0 Å². The van der Waals surface area contributed by atoms with E-state index in [-0.39, 0.29) is 12.3 Å². The fourth-order valence-electron chi connectivity index (χ4n) is 2.73. The van der Waals surface area contributed by atoms with Gasteiger partial charge in [0.1, 0.15) is 5.54 Å². The number of alkyl halides is 3. The van der Waals surface area contributed by atoms with Crippen LogP contribution >= 0.6 is 0 Å². The molecule has 0 fully saturated rings. The topological polar surface area (TPSA) is 12.0 Å². The van der Waals surface area contributed by atoms with Gasteiger partial charge >= 0.3 is 6.18 Å². The first kappa shape index (κ1) is 12.4. The summed E-state index contributed by atoms with van der Waals surface area (Å²) >= 11 is 0. The Morgan fingerprint density at radius 1 is 1.29 bits per heavy atom. The number of benzene rings is 1. The molecule has 17 heavy (non-hydrogen) atoms. The zero-order chi connectivity index (χ0) is 12.7. The lowest BCUT2D eigenvalue weighted by atomic mass is 9.72. The summed E-state index contributed by atoms with van der Waals surface area (Å²) in [6, 6.07) is 6.87. The van der Waals surface area contributed by atoms with Gasteiger partial charge in [0.2, 0.25) is 0 Å². The minimum Gasteiger partial charge on any atom is -0.303 e. The number of hydrogen-bond donors (Lipinski definition) is 1. The highest BCUT2D eigenvalue weighted by Crippen LogP contribution is 2.49. The van der Waals surface area contributed by atoms with E-state index in [1.165, 1.54) is 7.05 Å². The molecule has 2 atom stereocenters. The Kier molecular flexibility index (Phi) is 2.94. The molecule has 0 heterocycles.